The standard InChI is InChI=1S/C35H56N2P.CH3.Ni/c1-23(2)28-17-15-18-29(24(3)4)32(28)36-21-27(22-38(34(9,10)11)35(12,13)14)37-33-30(25(5)6)19-16-20-31(33)26(7)8;;/h15-21,23-27H,22H2,1-14H3;1H3;/q2*-1;+2/p+1. The third-order valence-electron chi connectivity index (χ3n) is 7.58. The zero-order valence-corrected chi connectivity index (χ0v) is 30.3. The van der Waals surface area contributed by atoms with E-state index in [0.29, 0.717) is 23.7 Å². The summed E-state index contributed by atoms with van der Waals surface area (Å²) in [6.45, 7) is 32.8. The van der Waals surface area contributed by atoms with Gasteiger partial charge in [0.15, 0.2) is 0 Å². The van der Waals surface area contributed by atoms with Crippen molar-refractivity contribution in [2.75, 3.05) is 6.16 Å². The second-order valence-corrected chi connectivity index (χ2v) is 18.7. The number of hydrogen-bond acceptors (Lipinski definition) is 1. The number of rotatable bonds is 10. The molecule has 40 heavy (non-hydrogen) atoms. The molecule has 0 fully saturated rings. The van der Waals surface area contributed by atoms with Crippen molar-refractivity contribution in [3.63, 3.8) is 0 Å². The van der Waals surface area contributed by atoms with Crippen molar-refractivity contribution in [2.45, 2.75) is 137 Å². The molecule has 4 heteroatoms. The van der Waals surface area contributed by atoms with Crippen LogP contribution in [0.5, 0.6) is 0 Å². The Labute approximate surface area is 260 Å². The Morgan fingerprint density at radius 3 is 1.35 bits per heavy atom. The van der Waals surface area contributed by atoms with Crippen molar-refractivity contribution in [2.24, 2.45) is 4.99 Å². The summed E-state index contributed by atoms with van der Waals surface area (Å²) in [6, 6.07) is 13.5. The summed E-state index contributed by atoms with van der Waals surface area (Å²) in [6.07, 6.45) is 3.28. The molecule has 0 N–H and O–H groups in total. The molecule has 0 aliphatic rings. The molecule has 2 nitrogen and oxygen atoms in total. The van der Waals surface area contributed by atoms with E-state index in [1.165, 1.54) is 27.9 Å². The SMILES string of the molecule is CC(C)c1cccc(C(C)C)c1N=CC(C[PH+](C(C)(C)C)C(C)(C)C)[N-]c1c(C(C)C)cccc1C(C)C.[CH3-].[Ni+2]. The molecule has 1 unspecified atom stereocenters. The van der Waals surface area contributed by atoms with Gasteiger partial charge in [-0.1, -0.05) is 103 Å². The van der Waals surface area contributed by atoms with Gasteiger partial charge in [0.1, 0.15) is 0 Å². The number of benzene rings is 2. The van der Waals surface area contributed by atoms with E-state index in [-0.39, 0.29) is 40.3 Å². The fourth-order valence-electron chi connectivity index (χ4n) is 5.73. The van der Waals surface area contributed by atoms with Gasteiger partial charge >= 0.3 is 16.5 Å². The van der Waals surface area contributed by atoms with Gasteiger partial charge in [-0.25, -0.2) is 0 Å². The molecule has 0 aliphatic carbocycles. The molecule has 0 aliphatic heterocycles. The van der Waals surface area contributed by atoms with Crippen molar-refractivity contribution >= 4 is 25.5 Å². The minimum atomic E-state index is -0.799. The van der Waals surface area contributed by atoms with Gasteiger partial charge in [0.25, 0.3) is 0 Å². The summed E-state index contributed by atoms with van der Waals surface area (Å²) >= 11 is 0. The van der Waals surface area contributed by atoms with E-state index >= 15 is 0 Å². The van der Waals surface area contributed by atoms with Gasteiger partial charge in [0.05, 0.1) is 16.0 Å². The first-order valence-electron chi connectivity index (χ1n) is 14.8. The number of hydrogen-bond donors (Lipinski definition) is 0. The molecule has 0 aromatic heterocycles. The van der Waals surface area contributed by atoms with Gasteiger partial charge in [0, 0.05) is 14.1 Å². The molecule has 0 bridgehead atoms. The van der Waals surface area contributed by atoms with E-state index in [1.54, 1.807) is 0 Å². The average molecular weight is 611 g/mol. The van der Waals surface area contributed by atoms with Crippen LogP contribution in [-0.2, 0) is 16.5 Å². The molecule has 0 radical (unpaired) electrons. The summed E-state index contributed by atoms with van der Waals surface area (Å²) in [5.41, 5.74) is 7.70. The molecular weight excluding hydrogens is 550 g/mol. The van der Waals surface area contributed by atoms with E-state index in [4.69, 9.17) is 10.3 Å². The average Bonchev–Trinajstić information content (AvgIpc) is 2.78. The fourth-order valence-corrected chi connectivity index (χ4v) is 9.82. The summed E-state index contributed by atoms with van der Waals surface area (Å²) in [5.74, 6) is 1.70. The molecule has 0 amide bonds. The van der Waals surface area contributed by atoms with Gasteiger partial charge in [-0.2, -0.15) is 0 Å². The van der Waals surface area contributed by atoms with E-state index in [1.807, 2.05) is 0 Å². The van der Waals surface area contributed by atoms with Crippen LogP contribution in [0.1, 0.15) is 143 Å². The van der Waals surface area contributed by atoms with Crippen LogP contribution in [0.4, 0.5) is 11.4 Å². The molecule has 0 saturated heterocycles. The predicted octanol–water partition coefficient (Wildman–Crippen LogP) is 12.2. The summed E-state index contributed by atoms with van der Waals surface area (Å²) < 4.78 is 0. The first kappa shape index (κ1) is 38.8. The van der Waals surface area contributed by atoms with Gasteiger partial charge in [-0.3, -0.25) is 4.99 Å². The van der Waals surface area contributed by atoms with Gasteiger partial charge in [-0.05, 0) is 88.6 Å². The minimum Gasteiger partial charge on any atom is -0.674 e. The van der Waals surface area contributed by atoms with Gasteiger partial charge in [0.2, 0.25) is 0 Å². The largest absolute Gasteiger partial charge is 2.00 e. The van der Waals surface area contributed by atoms with Crippen molar-refractivity contribution in [1.82, 2.24) is 0 Å². The predicted molar refractivity (Wildman–Crippen MR) is 183 cm³/mol. The van der Waals surface area contributed by atoms with E-state index < -0.39 is 7.92 Å². The first-order valence-corrected chi connectivity index (χ1v) is 16.5. The van der Waals surface area contributed by atoms with Crippen LogP contribution in [0.2, 0.25) is 0 Å². The number of nitrogens with zero attached hydrogens (tertiary/aromatic N) is 2. The van der Waals surface area contributed by atoms with Crippen LogP contribution in [0.25, 0.3) is 5.32 Å². The Bertz CT molecular complexity index is 1000. The quantitative estimate of drug-likeness (QED) is 0.111. The molecular formula is C36H60N2NiP+. The number of para-hydroxylation sites is 2. The van der Waals surface area contributed by atoms with Crippen LogP contribution in [0.15, 0.2) is 41.4 Å². The molecule has 1 atom stereocenters. The zero-order valence-electron chi connectivity index (χ0n) is 28.3. The second kappa shape index (κ2) is 15.9. The normalized spacial score (nSPS) is 13.4. The van der Waals surface area contributed by atoms with Crippen molar-refractivity contribution in [3.8, 4) is 0 Å². The smallest absolute Gasteiger partial charge is 0.674 e. The fraction of sp³-hybridized carbons (Fsp3) is 0.611. The van der Waals surface area contributed by atoms with Crippen LogP contribution < -0.4 is 0 Å². The van der Waals surface area contributed by atoms with Crippen molar-refractivity contribution in [3.05, 3.63) is 71.4 Å². The molecule has 0 heterocycles. The summed E-state index contributed by atoms with van der Waals surface area (Å²) in [4.78, 5) is 5.31. The summed E-state index contributed by atoms with van der Waals surface area (Å²) in [5, 5.41) is 6.14. The van der Waals surface area contributed by atoms with Gasteiger partial charge < -0.3 is 12.7 Å². The molecule has 228 valence electrons. The van der Waals surface area contributed by atoms with Crippen LogP contribution >= 0.6 is 7.92 Å². The van der Waals surface area contributed by atoms with Crippen molar-refractivity contribution in [1.29, 1.82) is 0 Å². The number of aliphatic imine (C=N–C) groups is 1. The Morgan fingerprint density at radius 2 is 1.02 bits per heavy atom. The van der Waals surface area contributed by atoms with Crippen molar-refractivity contribution < 1.29 is 16.5 Å². The van der Waals surface area contributed by atoms with E-state index in [0.717, 1.165) is 11.8 Å². The molecule has 2 aromatic carbocycles. The first-order chi connectivity index (χ1) is 17.4. The maximum absolute atomic E-state index is 5.61. The maximum Gasteiger partial charge on any atom is 2.00 e. The third-order valence-corrected chi connectivity index (χ3v) is 12.0. The Kier molecular flexibility index (Phi) is 15.4. The van der Waals surface area contributed by atoms with Crippen LogP contribution in [0.3, 0.4) is 0 Å². The Morgan fingerprint density at radius 1 is 0.675 bits per heavy atom. The second-order valence-electron chi connectivity index (χ2n) is 14.3. The molecule has 0 saturated carbocycles. The van der Waals surface area contributed by atoms with Crippen LogP contribution in [0, 0.1) is 7.43 Å². The summed E-state index contributed by atoms with van der Waals surface area (Å²) in [7, 11) is -0.799. The Balaban J connectivity index is 0.00000760. The van der Waals surface area contributed by atoms with Crippen LogP contribution in [-0.4, -0.2) is 28.7 Å². The van der Waals surface area contributed by atoms with E-state index in [2.05, 4.69) is 140 Å². The Hall–Kier alpha value is -1.17. The molecule has 2 aromatic rings. The monoisotopic (exact) mass is 609 g/mol. The topological polar surface area (TPSA) is 26.5 Å². The van der Waals surface area contributed by atoms with Gasteiger partial charge in [-0.15, -0.1) is 5.69 Å². The third kappa shape index (κ3) is 10.3. The minimum absolute atomic E-state index is 0. The maximum atomic E-state index is 5.61. The molecule has 2 rings (SSSR count). The molecule has 0 spiro atoms. The van der Waals surface area contributed by atoms with E-state index in [9.17, 15) is 0 Å². The zero-order chi connectivity index (χ0) is 29.0.